The summed E-state index contributed by atoms with van der Waals surface area (Å²) in [5.41, 5.74) is 2.60. The van der Waals surface area contributed by atoms with E-state index in [2.05, 4.69) is 15.1 Å². The van der Waals surface area contributed by atoms with Gasteiger partial charge in [0.1, 0.15) is 4.88 Å². The van der Waals surface area contributed by atoms with Crippen LogP contribution in [-0.4, -0.2) is 26.2 Å². The molecule has 0 saturated heterocycles. The summed E-state index contributed by atoms with van der Waals surface area (Å²) in [7, 11) is 0. The van der Waals surface area contributed by atoms with Gasteiger partial charge in [-0.15, -0.1) is 11.3 Å². The third-order valence-corrected chi connectivity index (χ3v) is 3.22. The fraction of sp³-hybridized carbons (Fsp3) is 0. The molecule has 3 rings (SSSR count). The molecule has 0 bridgehead atoms. The van der Waals surface area contributed by atoms with Gasteiger partial charge in [-0.1, -0.05) is 17.3 Å². The van der Waals surface area contributed by atoms with Crippen LogP contribution >= 0.6 is 11.3 Å². The number of thiazole rings is 1. The summed E-state index contributed by atoms with van der Waals surface area (Å²) in [6, 6.07) is 6.29. The molecule has 6 nitrogen and oxygen atoms in total. The first-order valence-corrected chi connectivity index (χ1v) is 6.18. The lowest BCUT2D eigenvalue weighted by Gasteiger charge is -1.95. The van der Waals surface area contributed by atoms with Gasteiger partial charge in [0.05, 0.1) is 17.3 Å². The average Bonchev–Trinajstić information content (AvgIpc) is 3.10. The fourth-order valence-electron chi connectivity index (χ4n) is 1.52. The van der Waals surface area contributed by atoms with Crippen LogP contribution in [0.25, 0.3) is 22.2 Å². The van der Waals surface area contributed by atoms with Gasteiger partial charge in [-0.2, -0.15) is 4.98 Å². The van der Waals surface area contributed by atoms with Crippen molar-refractivity contribution in [2.75, 3.05) is 0 Å². The van der Waals surface area contributed by atoms with Crippen LogP contribution in [0.15, 0.2) is 40.5 Å². The Balaban J connectivity index is 1.92. The molecule has 0 aliphatic rings. The highest BCUT2D eigenvalue weighted by Gasteiger charge is 2.12. The molecule has 0 radical (unpaired) electrons. The Bertz CT molecular complexity index is 704. The van der Waals surface area contributed by atoms with E-state index >= 15 is 0 Å². The maximum Gasteiger partial charge on any atom is 0.335 e. The molecule has 0 aliphatic carbocycles. The molecular formula is C12H7N3O3S. The Kier molecular flexibility index (Phi) is 2.81. The topological polar surface area (TPSA) is 89.1 Å². The number of benzene rings is 1. The number of aromatic nitrogens is 3. The molecule has 1 aromatic carbocycles. The molecular weight excluding hydrogens is 266 g/mol. The number of hydrogen-bond acceptors (Lipinski definition) is 6. The SMILES string of the molecule is O=C(O)c1ccc(-c2noc(-c3cncs3)n2)cc1. The van der Waals surface area contributed by atoms with Gasteiger partial charge in [0, 0.05) is 5.56 Å². The van der Waals surface area contributed by atoms with Crippen LogP contribution in [0, 0.1) is 0 Å². The van der Waals surface area contributed by atoms with Crippen molar-refractivity contribution in [1.82, 2.24) is 15.1 Å². The molecule has 2 heterocycles. The summed E-state index contributed by atoms with van der Waals surface area (Å²) in [6.45, 7) is 0. The lowest BCUT2D eigenvalue weighted by molar-refractivity contribution is 0.0697. The van der Waals surface area contributed by atoms with Crippen molar-refractivity contribution in [1.29, 1.82) is 0 Å². The van der Waals surface area contributed by atoms with Crippen molar-refractivity contribution in [2.24, 2.45) is 0 Å². The molecule has 1 N–H and O–H groups in total. The molecule has 0 atom stereocenters. The number of carboxylic acid groups (broad SMARTS) is 1. The van der Waals surface area contributed by atoms with E-state index in [4.69, 9.17) is 9.63 Å². The van der Waals surface area contributed by atoms with Crippen molar-refractivity contribution in [3.05, 3.63) is 41.5 Å². The van der Waals surface area contributed by atoms with Crippen LogP contribution in [0.4, 0.5) is 0 Å². The van der Waals surface area contributed by atoms with Gasteiger partial charge < -0.3 is 9.63 Å². The Morgan fingerprint density at radius 1 is 1.26 bits per heavy atom. The summed E-state index contributed by atoms with van der Waals surface area (Å²) >= 11 is 1.41. The van der Waals surface area contributed by atoms with Gasteiger partial charge in [-0.3, -0.25) is 4.98 Å². The van der Waals surface area contributed by atoms with Gasteiger partial charge in [0.25, 0.3) is 5.89 Å². The zero-order valence-electron chi connectivity index (χ0n) is 9.48. The van der Waals surface area contributed by atoms with E-state index in [1.165, 1.54) is 23.5 Å². The molecule has 0 spiro atoms. The highest BCUT2D eigenvalue weighted by molar-refractivity contribution is 7.13. The Labute approximate surface area is 111 Å². The Hall–Kier alpha value is -2.54. The maximum absolute atomic E-state index is 10.8. The summed E-state index contributed by atoms with van der Waals surface area (Å²) in [4.78, 5) is 19.7. The monoisotopic (exact) mass is 273 g/mol. The van der Waals surface area contributed by atoms with Crippen molar-refractivity contribution in [3.63, 3.8) is 0 Å². The molecule has 0 aliphatic heterocycles. The van der Waals surface area contributed by atoms with Gasteiger partial charge in [-0.05, 0) is 12.1 Å². The minimum atomic E-state index is -0.968. The maximum atomic E-state index is 10.8. The number of rotatable bonds is 3. The van der Waals surface area contributed by atoms with Crippen molar-refractivity contribution in [3.8, 4) is 22.2 Å². The van der Waals surface area contributed by atoms with Crippen LogP contribution in [0.1, 0.15) is 10.4 Å². The second kappa shape index (κ2) is 4.62. The van der Waals surface area contributed by atoms with Crippen LogP contribution in [0.5, 0.6) is 0 Å². The van der Waals surface area contributed by atoms with E-state index in [9.17, 15) is 4.79 Å². The van der Waals surface area contributed by atoms with E-state index in [1.807, 2.05) is 0 Å². The van der Waals surface area contributed by atoms with Crippen molar-refractivity contribution < 1.29 is 14.4 Å². The number of nitrogens with zero attached hydrogens (tertiary/aromatic N) is 3. The van der Waals surface area contributed by atoms with E-state index < -0.39 is 5.97 Å². The third kappa shape index (κ3) is 2.23. The normalized spacial score (nSPS) is 10.5. The minimum Gasteiger partial charge on any atom is -0.478 e. The quantitative estimate of drug-likeness (QED) is 0.788. The van der Waals surface area contributed by atoms with Crippen LogP contribution in [0.3, 0.4) is 0 Å². The molecule has 0 unspecified atom stereocenters. The zero-order valence-corrected chi connectivity index (χ0v) is 10.3. The van der Waals surface area contributed by atoms with Crippen LogP contribution in [0.2, 0.25) is 0 Å². The number of aromatic carboxylic acids is 1. The number of hydrogen-bond donors (Lipinski definition) is 1. The van der Waals surface area contributed by atoms with E-state index in [0.29, 0.717) is 17.3 Å². The van der Waals surface area contributed by atoms with Gasteiger partial charge in [0.2, 0.25) is 5.82 Å². The Morgan fingerprint density at radius 2 is 2.05 bits per heavy atom. The van der Waals surface area contributed by atoms with Crippen LogP contribution in [-0.2, 0) is 0 Å². The molecule has 0 fully saturated rings. The predicted molar refractivity (Wildman–Crippen MR) is 67.8 cm³/mol. The smallest absolute Gasteiger partial charge is 0.335 e. The van der Waals surface area contributed by atoms with E-state index in [0.717, 1.165) is 4.88 Å². The molecule has 94 valence electrons. The highest BCUT2D eigenvalue weighted by atomic mass is 32.1. The molecule has 7 heteroatoms. The first-order chi connectivity index (χ1) is 9.24. The third-order valence-electron chi connectivity index (χ3n) is 2.46. The zero-order chi connectivity index (χ0) is 13.2. The average molecular weight is 273 g/mol. The van der Waals surface area contributed by atoms with Crippen molar-refractivity contribution >= 4 is 17.3 Å². The summed E-state index contributed by atoms with van der Waals surface area (Å²) < 4.78 is 5.13. The molecule has 0 saturated carbocycles. The standard InChI is InChI=1S/C12H7N3O3S/c16-12(17)8-3-1-7(2-4-8)10-14-11(18-15-10)9-5-13-6-19-9/h1-6H,(H,16,17). The molecule has 2 aromatic heterocycles. The lowest BCUT2D eigenvalue weighted by Crippen LogP contribution is -1.95. The minimum absolute atomic E-state index is 0.218. The molecule has 19 heavy (non-hydrogen) atoms. The van der Waals surface area contributed by atoms with Gasteiger partial charge in [0.15, 0.2) is 0 Å². The summed E-state index contributed by atoms with van der Waals surface area (Å²) in [6.07, 6.45) is 1.65. The summed E-state index contributed by atoms with van der Waals surface area (Å²) in [5.74, 6) is -0.148. The van der Waals surface area contributed by atoms with Gasteiger partial charge in [-0.25, -0.2) is 4.79 Å². The highest BCUT2D eigenvalue weighted by Crippen LogP contribution is 2.24. The second-order valence-electron chi connectivity index (χ2n) is 3.67. The Morgan fingerprint density at radius 3 is 2.68 bits per heavy atom. The first kappa shape index (κ1) is 11.5. The lowest BCUT2D eigenvalue weighted by atomic mass is 10.1. The molecule has 3 aromatic rings. The largest absolute Gasteiger partial charge is 0.478 e. The number of carboxylic acids is 1. The van der Waals surface area contributed by atoms with Crippen molar-refractivity contribution in [2.45, 2.75) is 0 Å². The van der Waals surface area contributed by atoms with Gasteiger partial charge >= 0.3 is 5.97 Å². The van der Waals surface area contributed by atoms with E-state index in [1.54, 1.807) is 23.8 Å². The predicted octanol–water partition coefficient (Wildman–Crippen LogP) is 2.56. The van der Waals surface area contributed by atoms with E-state index in [-0.39, 0.29) is 5.56 Å². The second-order valence-corrected chi connectivity index (χ2v) is 4.56. The molecule has 0 amide bonds. The summed E-state index contributed by atoms with van der Waals surface area (Å²) in [5, 5.41) is 12.7. The number of carbonyl (C=O) groups is 1. The fourth-order valence-corrected chi connectivity index (χ4v) is 2.06. The van der Waals surface area contributed by atoms with Crippen LogP contribution < -0.4 is 0 Å². The first-order valence-electron chi connectivity index (χ1n) is 5.30.